The molecular formula is C10H15N3O4S. The molecule has 1 atom stereocenters. The number of nitrogens with zero attached hydrogens (tertiary/aromatic N) is 1. The van der Waals surface area contributed by atoms with Crippen LogP contribution in [0.2, 0.25) is 0 Å². The smallest absolute Gasteiger partial charge is 0.269 e. The number of nitrogens with one attached hydrogen (secondary N) is 1. The van der Waals surface area contributed by atoms with Crippen molar-refractivity contribution >= 4 is 15.7 Å². The summed E-state index contributed by atoms with van der Waals surface area (Å²) < 4.78 is 25.1. The van der Waals surface area contributed by atoms with Gasteiger partial charge in [0.05, 0.1) is 16.2 Å². The van der Waals surface area contributed by atoms with Crippen LogP contribution in [0.4, 0.5) is 5.69 Å². The van der Waals surface area contributed by atoms with Crippen molar-refractivity contribution in [3.63, 3.8) is 0 Å². The summed E-state index contributed by atoms with van der Waals surface area (Å²) in [6.07, 6.45) is 0. The zero-order valence-electron chi connectivity index (χ0n) is 10.1. The molecule has 0 heterocycles. The Kier molecular flexibility index (Phi) is 4.05. The molecule has 8 heteroatoms. The summed E-state index contributed by atoms with van der Waals surface area (Å²) >= 11 is 0. The van der Waals surface area contributed by atoms with Crippen molar-refractivity contribution in [3.05, 3.63) is 39.9 Å². The first-order valence-electron chi connectivity index (χ1n) is 5.13. The summed E-state index contributed by atoms with van der Waals surface area (Å²) in [7, 11) is -2.21. The van der Waals surface area contributed by atoms with E-state index < -0.39 is 20.5 Å². The summed E-state index contributed by atoms with van der Waals surface area (Å²) in [5.74, 6) is -0.350. The average molecular weight is 273 g/mol. The van der Waals surface area contributed by atoms with E-state index in [1.165, 1.54) is 32.2 Å². The van der Waals surface area contributed by atoms with E-state index in [4.69, 9.17) is 5.73 Å². The minimum absolute atomic E-state index is 0.119. The lowest BCUT2D eigenvalue weighted by Gasteiger charge is -2.24. The molecule has 0 spiro atoms. The van der Waals surface area contributed by atoms with E-state index in [2.05, 4.69) is 4.72 Å². The fourth-order valence-corrected chi connectivity index (χ4v) is 2.63. The standard InChI is InChI=1S/C10H15N3O4S/c1-10(11,7-18(16,17)12-2)8-4-3-5-9(6-8)13(14)15/h3-6,12H,7,11H2,1-2H3. The second-order valence-corrected chi connectivity index (χ2v) is 6.11. The summed E-state index contributed by atoms with van der Waals surface area (Å²) in [6.45, 7) is 1.51. The molecule has 0 amide bonds. The Morgan fingerprint density at radius 1 is 1.50 bits per heavy atom. The topological polar surface area (TPSA) is 115 Å². The van der Waals surface area contributed by atoms with E-state index >= 15 is 0 Å². The first-order chi connectivity index (χ1) is 8.18. The summed E-state index contributed by atoms with van der Waals surface area (Å²) in [5.41, 5.74) is 5.01. The van der Waals surface area contributed by atoms with E-state index in [1.807, 2.05) is 0 Å². The van der Waals surface area contributed by atoms with Gasteiger partial charge in [-0.15, -0.1) is 0 Å². The van der Waals surface area contributed by atoms with Crippen LogP contribution in [0, 0.1) is 10.1 Å². The highest BCUT2D eigenvalue weighted by atomic mass is 32.2. The highest BCUT2D eigenvalue weighted by Crippen LogP contribution is 2.23. The third-order valence-electron chi connectivity index (χ3n) is 2.52. The normalized spacial score (nSPS) is 15.1. The van der Waals surface area contributed by atoms with Crippen LogP contribution in [0.5, 0.6) is 0 Å². The van der Waals surface area contributed by atoms with Crippen LogP contribution in [0.3, 0.4) is 0 Å². The molecule has 0 saturated carbocycles. The van der Waals surface area contributed by atoms with Gasteiger partial charge in [0.2, 0.25) is 10.0 Å². The maximum Gasteiger partial charge on any atom is 0.269 e. The Labute approximate surface area is 105 Å². The molecule has 0 aliphatic heterocycles. The molecule has 0 aromatic heterocycles. The number of nitro benzene ring substituents is 1. The molecule has 1 rings (SSSR count). The number of hydrogen-bond donors (Lipinski definition) is 2. The van der Waals surface area contributed by atoms with Gasteiger partial charge in [0.15, 0.2) is 0 Å². The average Bonchev–Trinajstić information content (AvgIpc) is 2.28. The van der Waals surface area contributed by atoms with Crippen LogP contribution in [-0.2, 0) is 15.6 Å². The van der Waals surface area contributed by atoms with Crippen LogP contribution < -0.4 is 10.5 Å². The van der Waals surface area contributed by atoms with Crippen LogP contribution in [0.15, 0.2) is 24.3 Å². The molecule has 100 valence electrons. The number of non-ortho nitro benzene ring substituents is 1. The summed E-state index contributed by atoms with van der Waals surface area (Å²) in [6, 6.07) is 5.65. The molecule has 0 fully saturated rings. The lowest BCUT2D eigenvalue weighted by Crippen LogP contribution is -2.43. The molecule has 0 aliphatic carbocycles. The van der Waals surface area contributed by atoms with E-state index in [1.54, 1.807) is 6.07 Å². The second kappa shape index (κ2) is 5.01. The lowest BCUT2D eigenvalue weighted by atomic mass is 9.95. The number of hydrogen-bond acceptors (Lipinski definition) is 5. The zero-order valence-corrected chi connectivity index (χ0v) is 10.9. The molecule has 0 bridgehead atoms. The molecule has 1 aromatic carbocycles. The SMILES string of the molecule is CNS(=O)(=O)CC(C)(N)c1cccc([N+](=O)[O-])c1. The Morgan fingerprint density at radius 2 is 2.11 bits per heavy atom. The molecule has 1 aromatic rings. The molecule has 0 radical (unpaired) electrons. The predicted molar refractivity (Wildman–Crippen MR) is 67.5 cm³/mol. The van der Waals surface area contributed by atoms with E-state index in [-0.39, 0.29) is 11.4 Å². The van der Waals surface area contributed by atoms with Crippen molar-refractivity contribution in [2.24, 2.45) is 5.73 Å². The van der Waals surface area contributed by atoms with Gasteiger partial charge in [-0.2, -0.15) is 0 Å². The van der Waals surface area contributed by atoms with Gasteiger partial charge in [-0.05, 0) is 19.5 Å². The van der Waals surface area contributed by atoms with Crippen molar-refractivity contribution in [1.82, 2.24) is 4.72 Å². The van der Waals surface area contributed by atoms with Crippen molar-refractivity contribution in [2.75, 3.05) is 12.8 Å². The van der Waals surface area contributed by atoms with Crippen molar-refractivity contribution in [3.8, 4) is 0 Å². The molecule has 1 unspecified atom stereocenters. The van der Waals surface area contributed by atoms with Crippen LogP contribution in [0.1, 0.15) is 12.5 Å². The number of rotatable bonds is 5. The quantitative estimate of drug-likeness (QED) is 0.592. The Balaban J connectivity index is 3.12. The Morgan fingerprint density at radius 3 is 2.61 bits per heavy atom. The van der Waals surface area contributed by atoms with E-state index in [9.17, 15) is 18.5 Å². The molecule has 0 saturated heterocycles. The van der Waals surface area contributed by atoms with Crippen molar-refractivity contribution < 1.29 is 13.3 Å². The molecular weight excluding hydrogens is 258 g/mol. The monoisotopic (exact) mass is 273 g/mol. The maximum atomic E-state index is 11.5. The fourth-order valence-electron chi connectivity index (χ4n) is 1.52. The Bertz CT molecular complexity index is 554. The summed E-state index contributed by atoms with van der Waals surface area (Å²) in [5, 5.41) is 10.7. The molecule has 18 heavy (non-hydrogen) atoms. The number of nitro groups is 1. The third-order valence-corrected chi connectivity index (χ3v) is 4.12. The first-order valence-corrected chi connectivity index (χ1v) is 6.78. The van der Waals surface area contributed by atoms with Crippen molar-refractivity contribution in [2.45, 2.75) is 12.5 Å². The molecule has 7 nitrogen and oxygen atoms in total. The highest BCUT2D eigenvalue weighted by molar-refractivity contribution is 7.89. The minimum atomic E-state index is -3.50. The highest BCUT2D eigenvalue weighted by Gasteiger charge is 2.29. The molecule has 3 N–H and O–H groups in total. The molecule has 0 aliphatic rings. The predicted octanol–water partition coefficient (Wildman–Crippen LogP) is 0.318. The van der Waals surface area contributed by atoms with Gasteiger partial charge in [-0.3, -0.25) is 10.1 Å². The maximum absolute atomic E-state index is 11.5. The second-order valence-electron chi connectivity index (χ2n) is 4.19. The summed E-state index contributed by atoms with van der Waals surface area (Å²) in [4.78, 5) is 10.1. The number of sulfonamides is 1. The van der Waals surface area contributed by atoms with Crippen LogP contribution in [0.25, 0.3) is 0 Å². The first kappa shape index (κ1) is 14.6. The van der Waals surface area contributed by atoms with Gasteiger partial charge in [0, 0.05) is 12.1 Å². The van der Waals surface area contributed by atoms with Crippen LogP contribution in [-0.4, -0.2) is 26.1 Å². The lowest BCUT2D eigenvalue weighted by molar-refractivity contribution is -0.385. The number of benzene rings is 1. The van der Waals surface area contributed by atoms with Gasteiger partial charge in [0.1, 0.15) is 0 Å². The van der Waals surface area contributed by atoms with Crippen LogP contribution >= 0.6 is 0 Å². The third kappa shape index (κ3) is 3.49. The van der Waals surface area contributed by atoms with E-state index in [0.29, 0.717) is 5.56 Å². The number of nitrogens with two attached hydrogens (primary N) is 1. The van der Waals surface area contributed by atoms with Gasteiger partial charge < -0.3 is 5.73 Å². The van der Waals surface area contributed by atoms with Crippen molar-refractivity contribution in [1.29, 1.82) is 0 Å². The Hall–Kier alpha value is -1.51. The van der Waals surface area contributed by atoms with Gasteiger partial charge >= 0.3 is 0 Å². The largest absolute Gasteiger partial charge is 0.321 e. The van der Waals surface area contributed by atoms with Gasteiger partial charge in [-0.25, -0.2) is 13.1 Å². The minimum Gasteiger partial charge on any atom is -0.321 e. The van der Waals surface area contributed by atoms with Gasteiger partial charge in [0.25, 0.3) is 5.69 Å². The van der Waals surface area contributed by atoms with E-state index in [0.717, 1.165) is 0 Å². The fraction of sp³-hybridized carbons (Fsp3) is 0.400. The zero-order chi connectivity index (χ0) is 14.0. The van der Waals surface area contributed by atoms with Gasteiger partial charge in [-0.1, -0.05) is 12.1 Å².